The van der Waals surface area contributed by atoms with Gasteiger partial charge in [0.1, 0.15) is 0 Å². The average Bonchev–Trinajstić information content (AvgIpc) is 2.58. The molecular formula is C20H29N3O3. The summed E-state index contributed by atoms with van der Waals surface area (Å²) < 4.78 is 0. The van der Waals surface area contributed by atoms with E-state index in [4.69, 9.17) is 0 Å². The molecule has 0 unspecified atom stereocenters. The highest BCUT2D eigenvalue weighted by Crippen LogP contribution is 2.21. The van der Waals surface area contributed by atoms with Gasteiger partial charge in [0.2, 0.25) is 11.8 Å². The molecule has 1 aromatic rings. The third kappa shape index (κ3) is 5.31. The van der Waals surface area contributed by atoms with Gasteiger partial charge in [-0.15, -0.1) is 0 Å². The molecule has 1 aliphatic rings. The number of likely N-dealkylation sites (N-methyl/N-ethyl adjacent to an activating group) is 1. The topological polar surface area (TPSA) is 69.7 Å². The standard InChI is InChI=1S/C20H29N3O3/c1-5-22(14-17(24)21-20(2,3)4)19(26)15-9-11-16(12-10-15)23-13-7-6-8-18(23)25/h9-12H,5-8,13-14H2,1-4H3,(H,21,24). The fourth-order valence-corrected chi connectivity index (χ4v) is 3.00. The molecule has 26 heavy (non-hydrogen) atoms. The summed E-state index contributed by atoms with van der Waals surface area (Å²) in [6, 6.07) is 7.06. The zero-order valence-electron chi connectivity index (χ0n) is 16.2. The van der Waals surface area contributed by atoms with E-state index in [0.29, 0.717) is 18.5 Å². The van der Waals surface area contributed by atoms with E-state index in [1.165, 1.54) is 4.90 Å². The van der Waals surface area contributed by atoms with Crippen molar-refractivity contribution in [1.82, 2.24) is 10.2 Å². The van der Waals surface area contributed by atoms with Crippen LogP contribution in [0.5, 0.6) is 0 Å². The van der Waals surface area contributed by atoms with Gasteiger partial charge in [-0.05, 0) is 64.8 Å². The van der Waals surface area contributed by atoms with Crippen LogP contribution in [0.4, 0.5) is 5.69 Å². The van der Waals surface area contributed by atoms with E-state index >= 15 is 0 Å². The molecule has 1 saturated heterocycles. The van der Waals surface area contributed by atoms with Gasteiger partial charge in [0.15, 0.2) is 0 Å². The fourth-order valence-electron chi connectivity index (χ4n) is 3.00. The Morgan fingerprint density at radius 2 is 1.81 bits per heavy atom. The van der Waals surface area contributed by atoms with Gasteiger partial charge in [0.25, 0.3) is 5.91 Å². The molecule has 142 valence electrons. The fraction of sp³-hybridized carbons (Fsp3) is 0.550. The molecular weight excluding hydrogens is 330 g/mol. The van der Waals surface area contributed by atoms with E-state index in [1.807, 2.05) is 27.7 Å². The van der Waals surface area contributed by atoms with Crippen molar-refractivity contribution >= 4 is 23.4 Å². The molecule has 0 saturated carbocycles. The van der Waals surface area contributed by atoms with Crippen LogP contribution < -0.4 is 10.2 Å². The van der Waals surface area contributed by atoms with Gasteiger partial charge in [-0.2, -0.15) is 0 Å². The Kier molecular flexibility index (Phi) is 6.40. The number of carbonyl (C=O) groups excluding carboxylic acids is 3. The summed E-state index contributed by atoms with van der Waals surface area (Å²) in [7, 11) is 0. The molecule has 1 aliphatic heterocycles. The first-order valence-corrected chi connectivity index (χ1v) is 9.22. The van der Waals surface area contributed by atoms with Gasteiger partial charge in [0.05, 0.1) is 6.54 Å². The Morgan fingerprint density at radius 1 is 1.15 bits per heavy atom. The molecule has 0 spiro atoms. The molecule has 2 rings (SSSR count). The van der Waals surface area contributed by atoms with Crippen molar-refractivity contribution in [2.24, 2.45) is 0 Å². The van der Waals surface area contributed by atoms with Crippen molar-refractivity contribution in [3.05, 3.63) is 29.8 Å². The molecule has 1 heterocycles. The quantitative estimate of drug-likeness (QED) is 0.878. The lowest BCUT2D eigenvalue weighted by atomic mass is 10.1. The molecule has 0 aromatic heterocycles. The lowest BCUT2D eigenvalue weighted by Crippen LogP contribution is -2.47. The summed E-state index contributed by atoms with van der Waals surface area (Å²) in [5.74, 6) is -0.235. The average molecular weight is 359 g/mol. The zero-order valence-corrected chi connectivity index (χ0v) is 16.2. The number of piperidine rings is 1. The van der Waals surface area contributed by atoms with Crippen LogP contribution in [0.1, 0.15) is 57.3 Å². The van der Waals surface area contributed by atoms with E-state index < -0.39 is 0 Å². The first-order valence-electron chi connectivity index (χ1n) is 9.22. The number of rotatable bonds is 5. The zero-order chi connectivity index (χ0) is 19.3. The molecule has 1 aromatic carbocycles. The third-order valence-electron chi connectivity index (χ3n) is 4.27. The number of benzene rings is 1. The minimum Gasteiger partial charge on any atom is -0.350 e. The van der Waals surface area contributed by atoms with Crippen molar-refractivity contribution in [1.29, 1.82) is 0 Å². The van der Waals surface area contributed by atoms with E-state index in [0.717, 1.165) is 25.1 Å². The van der Waals surface area contributed by atoms with E-state index in [9.17, 15) is 14.4 Å². The van der Waals surface area contributed by atoms with Crippen LogP contribution in [0.15, 0.2) is 24.3 Å². The van der Waals surface area contributed by atoms with Crippen LogP contribution in [0.3, 0.4) is 0 Å². The molecule has 0 bridgehead atoms. The molecule has 0 aliphatic carbocycles. The molecule has 1 N–H and O–H groups in total. The smallest absolute Gasteiger partial charge is 0.254 e. The highest BCUT2D eigenvalue weighted by atomic mass is 16.2. The summed E-state index contributed by atoms with van der Waals surface area (Å²) in [6.07, 6.45) is 2.51. The second-order valence-electron chi connectivity index (χ2n) is 7.67. The first-order chi connectivity index (χ1) is 12.2. The van der Waals surface area contributed by atoms with Gasteiger partial charge in [-0.25, -0.2) is 0 Å². The minimum atomic E-state index is -0.331. The predicted molar refractivity (Wildman–Crippen MR) is 102 cm³/mol. The van der Waals surface area contributed by atoms with Gasteiger partial charge in [0, 0.05) is 36.3 Å². The SMILES string of the molecule is CCN(CC(=O)NC(C)(C)C)C(=O)c1ccc(N2CCCCC2=O)cc1. The summed E-state index contributed by atoms with van der Waals surface area (Å²) in [5.41, 5.74) is 1.01. The number of nitrogens with one attached hydrogen (secondary N) is 1. The maximum atomic E-state index is 12.7. The van der Waals surface area contributed by atoms with Crippen LogP contribution in [-0.2, 0) is 9.59 Å². The predicted octanol–water partition coefficient (Wildman–Crippen LogP) is 2.58. The van der Waals surface area contributed by atoms with E-state index in [-0.39, 0.29) is 29.8 Å². The maximum Gasteiger partial charge on any atom is 0.254 e. The second-order valence-corrected chi connectivity index (χ2v) is 7.67. The normalized spacial score (nSPS) is 14.9. The van der Waals surface area contributed by atoms with Crippen molar-refractivity contribution in [3.63, 3.8) is 0 Å². The number of anilines is 1. The number of hydrogen-bond acceptors (Lipinski definition) is 3. The van der Waals surface area contributed by atoms with Crippen LogP contribution in [0, 0.1) is 0 Å². The van der Waals surface area contributed by atoms with Gasteiger partial charge < -0.3 is 15.1 Å². The molecule has 3 amide bonds. The summed E-state index contributed by atoms with van der Waals surface area (Å²) in [4.78, 5) is 40.1. The maximum absolute atomic E-state index is 12.7. The summed E-state index contributed by atoms with van der Waals surface area (Å²) >= 11 is 0. The molecule has 6 heteroatoms. The van der Waals surface area contributed by atoms with Gasteiger partial charge in [-0.1, -0.05) is 0 Å². The van der Waals surface area contributed by atoms with Crippen molar-refractivity contribution in [3.8, 4) is 0 Å². The van der Waals surface area contributed by atoms with Crippen LogP contribution in [0.25, 0.3) is 0 Å². The minimum absolute atomic E-state index is 0.0268. The summed E-state index contributed by atoms with van der Waals surface area (Å²) in [6.45, 7) is 8.77. The van der Waals surface area contributed by atoms with Crippen LogP contribution in [0.2, 0.25) is 0 Å². The van der Waals surface area contributed by atoms with E-state index in [1.54, 1.807) is 29.2 Å². The Morgan fingerprint density at radius 3 is 2.35 bits per heavy atom. The van der Waals surface area contributed by atoms with Crippen molar-refractivity contribution in [2.45, 2.75) is 52.5 Å². The van der Waals surface area contributed by atoms with Crippen LogP contribution >= 0.6 is 0 Å². The Bertz CT molecular complexity index is 662. The molecule has 1 fully saturated rings. The van der Waals surface area contributed by atoms with Gasteiger partial charge in [-0.3, -0.25) is 14.4 Å². The summed E-state index contributed by atoms with van der Waals surface area (Å²) in [5, 5.41) is 2.87. The highest BCUT2D eigenvalue weighted by Gasteiger charge is 2.22. The lowest BCUT2D eigenvalue weighted by Gasteiger charge is -2.27. The largest absolute Gasteiger partial charge is 0.350 e. The molecule has 0 atom stereocenters. The second kappa shape index (κ2) is 8.34. The first kappa shape index (κ1) is 19.9. The number of carbonyl (C=O) groups is 3. The molecule has 6 nitrogen and oxygen atoms in total. The third-order valence-corrected chi connectivity index (χ3v) is 4.27. The Labute approximate surface area is 155 Å². The lowest BCUT2D eigenvalue weighted by molar-refractivity contribution is -0.123. The number of hydrogen-bond donors (Lipinski definition) is 1. The van der Waals surface area contributed by atoms with Gasteiger partial charge >= 0.3 is 0 Å². The number of amides is 3. The Balaban J connectivity index is 2.05. The van der Waals surface area contributed by atoms with Crippen LogP contribution in [-0.4, -0.2) is 47.8 Å². The van der Waals surface area contributed by atoms with E-state index in [2.05, 4.69) is 5.32 Å². The van der Waals surface area contributed by atoms with Crippen molar-refractivity contribution in [2.75, 3.05) is 24.5 Å². The monoisotopic (exact) mass is 359 g/mol. The Hall–Kier alpha value is -2.37. The van der Waals surface area contributed by atoms with Crippen molar-refractivity contribution < 1.29 is 14.4 Å². The number of nitrogens with zero attached hydrogens (tertiary/aromatic N) is 2. The highest BCUT2D eigenvalue weighted by molar-refractivity contribution is 5.98. The molecule has 0 radical (unpaired) electrons.